The molecule has 0 aliphatic rings. The highest BCUT2D eigenvalue weighted by molar-refractivity contribution is 4.55. The van der Waals surface area contributed by atoms with Crippen molar-refractivity contribution in [3.63, 3.8) is 0 Å². The third kappa shape index (κ3) is 7.26. The molecule has 0 spiro atoms. The minimum atomic E-state index is -0.849. The third-order valence-electron chi connectivity index (χ3n) is 1.69. The van der Waals surface area contributed by atoms with Crippen molar-refractivity contribution in [1.82, 2.24) is 0 Å². The lowest BCUT2D eigenvalue weighted by molar-refractivity contribution is -0.190. The van der Waals surface area contributed by atoms with Gasteiger partial charge in [0.1, 0.15) is 6.10 Å². The second kappa shape index (κ2) is 8.17. The summed E-state index contributed by atoms with van der Waals surface area (Å²) in [4.78, 5) is 0. The number of hydrogen-bond acceptors (Lipinski definition) is 4. The van der Waals surface area contributed by atoms with Crippen molar-refractivity contribution in [1.29, 1.82) is 0 Å². The summed E-state index contributed by atoms with van der Waals surface area (Å²) in [7, 11) is 1.65. The zero-order valence-electron chi connectivity index (χ0n) is 9.53. The molecule has 0 aliphatic carbocycles. The maximum atomic E-state index is 9.47. The first-order valence-electron chi connectivity index (χ1n) is 5.02. The zero-order valence-corrected chi connectivity index (χ0v) is 9.53. The van der Waals surface area contributed by atoms with Crippen molar-refractivity contribution in [2.75, 3.05) is 20.3 Å². The Hall–Kier alpha value is -0.160. The maximum Gasteiger partial charge on any atom is 0.181 e. The highest BCUT2D eigenvalue weighted by atomic mass is 16.6. The van der Waals surface area contributed by atoms with E-state index in [1.807, 2.05) is 13.8 Å². The van der Waals surface area contributed by atoms with E-state index in [0.717, 1.165) is 6.42 Å². The fourth-order valence-corrected chi connectivity index (χ4v) is 0.944. The Morgan fingerprint density at radius 3 is 2.29 bits per heavy atom. The number of aliphatic hydroxyl groups excluding tert-OH is 1. The molecular formula is C10H22O4. The number of rotatable bonds is 8. The summed E-state index contributed by atoms with van der Waals surface area (Å²) in [5, 5.41) is 9.47. The van der Waals surface area contributed by atoms with Gasteiger partial charge < -0.3 is 19.3 Å². The van der Waals surface area contributed by atoms with E-state index in [9.17, 15) is 5.11 Å². The first-order valence-corrected chi connectivity index (χ1v) is 5.02. The molecule has 0 saturated carbocycles. The van der Waals surface area contributed by atoms with E-state index in [0.29, 0.717) is 13.2 Å². The molecule has 0 aliphatic heterocycles. The Morgan fingerprint density at radius 2 is 1.79 bits per heavy atom. The molecule has 1 N–H and O–H groups in total. The molecule has 0 radical (unpaired) electrons. The van der Waals surface area contributed by atoms with Gasteiger partial charge in [-0.15, -0.1) is 0 Å². The molecule has 14 heavy (non-hydrogen) atoms. The highest BCUT2D eigenvalue weighted by Crippen LogP contribution is 2.04. The van der Waals surface area contributed by atoms with Crippen LogP contribution in [0.4, 0.5) is 0 Å². The van der Waals surface area contributed by atoms with Gasteiger partial charge in [-0.1, -0.05) is 0 Å². The van der Waals surface area contributed by atoms with E-state index in [4.69, 9.17) is 14.2 Å². The van der Waals surface area contributed by atoms with Crippen molar-refractivity contribution in [2.24, 2.45) is 0 Å². The first-order chi connectivity index (χ1) is 6.57. The van der Waals surface area contributed by atoms with Crippen LogP contribution < -0.4 is 0 Å². The van der Waals surface area contributed by atoms with E-state index >= 15 is 0 Å². The topological polar surface area (TPSA) is 47.9 Å². The van der Waals surface area contributed by atoms with Crippen LogP contribution in [-0.4, -0.2) is 43.9 Å². The van der Waals surface area contributed by atoms with E-state index in [-0.39, 0.29) is 12.2 Å². The summed E-state index contributed by atoms with van der Waals surface area (Å²) in [6.07, 6.45) is -0.309. The molecule has 0 amide bonds. The molecule has 4 nitrogen and oxygen atoms in total. The summed E-state index contributed by atoms with van der Waals surface area (Å²) in [5.74, 6) is 0. The average molecular weight is 206 g/mol. The lowest BCUT2D eigenvalue weighted by atomic mass is 10.3. The smallest absolute Gasteiger partial charge is 0.181 e. The average Bonchev–Trinajstić information content (AvgIpc) is 2.11. The van der Waals surface area contributed by atoms with Crippen LogP contribution in [0.25, 0.3) is 0 Å². The Morgan fingerprint density at radius 1 is 1.14 bits per heavy atom. The summed E-state index contributed by atoms with van der Waals surface area (Å²) in [6, 6.07) is 0. The molecule has 2 unspecified atom stereocenters. The van der Waals surface area contributed by atoms with Gasteiger partial charge in [-0.2, -0.15) is 0 Å². The summed E-state index contributed by atoms with van der Waals surface area (Å²) in [5.41, 5.74) is 0. The molecule has 0 fully saturated rings. The van der Waals surface area contributed by atoms with Crippen LogP contribution in [0.1, 0.15) is 27.2 Å². The van der Waals surface area contributed by atoms with Gasteiger partial charge in [0.05, 0.1) is 6.10 Å². The fraction of sp³-hybridized carbons (Fsp3) is 1.00. The highest BCUT2D eigenvalue weighted by Gasteiger charge is 2.15. The van der Waals surface area contributed by atoms with Crippen molar-refractivity contribution in [3.05, 3.63) is 0 Å². The SMILES string of the molecule is COCCCOC(C)C(O)OC(C)C. The molecular weight excluding hydrogens is 184 g/mol. The maximum absolute atomic E-state index is 9.47. The number of ether oxygens (including phenoxy) is 3. The molecule has 0 aromatic rings. The monoisotopic (exact) mass is 206 g/mol. The van der Waals surface area contributed by atoms with Crippen molar-refractivity contribution in [3.8, 4) is 0 Å². The van der Waals surface area contributed by atoms with Crippen LogP contribution in [0.15, 0.2) is 0 Å². The normalized spacial score (nSPS) is 15.9. The Kier molecular flexibility index (Phi) is 8.08. The minimum absolute atomic E-state index is 0.00928. The van der Waals surface area contributed by atoms with Crippen LogP contribution in [0.3, 0.4) is 0 Å². The predicted molar refractivity (Wildman–Crippen MR) is 54.1 cm³/mol. The Labute approximate surface area is 86.2 Å². The number of methoxy groups -OCH3 is 1. The van der Waals surface area contributed by atoms with E-state index in [1.165, 1.54) is 0 Å². The van der Waals surface area contributed by atoms with Crippen LogP contribution in [0.2, 0.25) is 0 Å². The Balaban J connectivity index is 3.46. The second-order valence-corrected chi connectivity index (χ2v) is 3.50. The predicted octanol–water partition coefficient (Wildman–Crippen LogP) is 1.17. The lowest BCUT2D eigenvalue weighted by Gasteiger charge is -2.21. The molecule has 0 bridgehead atoms. The van der Waals surface area contributed by atoms with Gasteiger partial charge >= 0.3 is 0 Å². The molecule has 86 valence electrons. The van der Waals surface area contributed by atoms with Crippen molar-refractivity contribution < 1.29 is 19.3 Å². The zero-order chi connectivity index (χ0) is 11.0. The molecule has 0 heterocycles. The minimum Gasteiger partial charge on any atom is -0.385 e. The fourth-order valence-electron chi connectivity index (χ4n) is 0.944. The number of aliphatic hydroxyl groups is 1. The van der Waals surface area contributed by atoms with Crippen molar-refractivity contribution in [2.45, 2.75) is 45.7 Å². The summed E-state index contributed by atoms with van der Waals surface area (Å²) < 4.78 is 15.4. The molecule has 0 aromatic carbocycles. The largest absolute Gasteiger partial charge is 0.385 e. The third-order valence-corrected chi connectivity index (χ3v) is 1.69. The van der Waals surface area contributed by atoms with E-state index in [2.05, 4.69) is 0 Å². The van der Waals surface area contributed by atoms with Gasteiger partial charge in [-0.3, -0.25) is 0 Å². The molecule has 2 atom stereocenters. The van der Waals surface area contributed by atoms with Gasteiger partial charge in [-0.25, -0.2) is 0 Å². The molecule has 0 rings (SSSR count). The molecule has 0 aromatic heterocycles. The van der Waals surface area contributed by atoms with Crippen LogP contribution in [0.5, 0.6) is 0 Å². The van der Waals surface area contributed by atoms with Crippen LogP contribution in [0, 0.1) is 0 Å². The van der Waals surface area contributed by atoms with E-state index < -0.39 is 6.29 Å². The lowest BCUT2D eigenvalue weighted by Crippen LogP contribution is -2.31. The van der Waals surface area contributed by atoms with Gasteiger partial charge in [0.2, 0.25) is 0 Å². The quantitative estimate of drug-likeness (QED) is 0.478. The van der Waals surface area contributed by atoms with Crippen LogP contribution >= 0.6 is 0 Å². The number of hydrogen-bond donors (Lipinski definition) is 1. The van der Waals surface area contributed by atoms with Crippen molar-refractivity contribution >= 4 is 0 Å². The second-order valence-electron chi connectivity index (χ2n) is 3.50. The first kappa shape index (κ1) is 13.8. The van der Waals surface area contributed by atoms with Crippen LogP contribution in [-0.2, 0) is 14.2 Å². The Bertz CT molecular complexity index is 127. The molecule has 4 heteroatoms. The standard InChI is InChI=1S/C10H22O4/c1-8(2)14-10(11)9(3)13-7-5-6-12-4/h8-11H,5-7H2,1-4H3. The summed E-state index contributed by atoms with van der Waals surface area (Å²) >= 11 is 0. The molecule has 0 saturated heterocycles. The summed E-state index contributed by atoms with van der Waals surface area (Å²) in [6.45, 7) is 6.79. The van der Waals surface area contributed by atoms with Gasteiger partial charge in [0.15, 0.2) is 6.29 Å². The van der Waals surface area contributed by atoms with Gasteiger partial charge in [0.25, 0.3) is 0 Å². The van der Waals surface area contributed by atoms with Gasteiger partial charge in [-0.05, 0) is 27.2 Å². The van der Waals surface area contributed by atoms with E-state index in [1.54, 1.807) is 14.0 Å². The van der Waals surface area contributed by atoms with Gasteiger partial charge in [0, 0.05) is 20.3 Å².